The molecule has 0 unspecified atom stereocenters. The second kappa shape index (κ2) is 6.75. The molecule has 0 N–H and O–H groups in total. The summed E-state index contributed by atoms with van der Waals surface area (Å²) < 4.78 is 10.8. The molecule has 0 spiro atoms. The topological polar surface area (TPSA) is 65.2 Å². The monoisotopic (exact) mass is 348 g/mol. The molecule has 1 fully saturated rings. The van der Waals surface area contributed by atoms with Gasteiger partial charge in [-0.05, 0) is 25.3 Å². The summed E-state index contributed by atoms with van der Waals surface area (Å²) in [6, 6.07) is 17.7. The lowest BCUT2D eigenvalue weighted by atomic mass is 9.64. The van der Waals surface area contributed by atoms with E-state index in [1.807, 2.05) is 61.5 Å². The fourth-order valence-corrected chi connectivity index (χ4v) is 3.30. The Hall–Kier alpha value is -2.95. The van der Waals surface area contributed by atoms with Crippen LogP contribution in [0.25, 0.3) is 11.4 Å². The highest BCUT2D eigenvalue weighted by Gasteiger charge is 2.47. The first-order valence-corrected chi connectivity index (χ1v) is 8.80. The number of aromatic nitrogens is 2. The highest BCUT2D eigenvalue weighted by molar-refractivity contribution is 5.84. The molecule has 26 heavy (non-hydrogen) atoms. The average molecular weight is 348 g/mol. The summed E-state index contributed by atoms with van der Waals surface area (Å²) in [5.41, 5.74) is 2.53. The van der Waals surface area contributed by atoms with Crippen molar-refractivity contribution >= 4 is 5.97 Å². The summed E-state index contributed by atoms with van der Waals surface area (Å²) in [5.74, 6) is 0.582. The molecule has 0 radical (unpaired) electrons. The van der Waals surface area contributed by atoms with Gasteiger partial charge in [-0.3, -0.25) is 4.79 Å². The molecule has 0 aliphatic heterocycles. The number of nitrogens with zero attached hydrogens (tertiary/aromatic N) is 2. The molecule has 1 saturated carbocycles. The Labute approximate surface area is 152 Å². The SMILES string of the molecule is Cc1ccc(-c2noc(COC(=O)C3(c4ccccc4)CCC3)n2)cc1. The average Bonchev–Trinajstić information content (AvgIpc) is 3.10. The van der Waals surface area contributed by atoms with Crippen molar-refractivity contribution in [2.45, 2.75) is 38.2 Å². The number of hydrogen-bond donors (Lipinski definition) is 0. The van der Waals surface area contributed by atoms with Crippen LogP contribution in [0.1, 0.15) is 36.3 Å². The van der Waals surface area contributed by atoms with Gasteiger partial charge in [-0.15, -0.1) is 0 Å². The van der Waals surface area contributed by atoms with E-state index in [-0.39, 0.29) is 12.6 Å². The molecule has 1 heterocycles. The molecule has 1 aromatic heterocycles. The smallest absolute Gasteiger partial charge is 0.317 e. The standard InChI is InChI=1S/C21H20N2O3/c1-15-8-10-16(11-9-15)19-22-18(26-23-19)14-25-20(24)21(12-5-13-21)17-6-3-2-4-7-17/h2-4,6-11H,5,12-14H2,1H3. The molecule has 3 aromatic rings. The van der Waals surface area contributed by atoms with Gasteiger partial charge in [0.25, 0.3) is 5.89 Å². The van der Waals surface area contributed by atoms with Gasteiger partial charge in [-0.2, -0.15) is 4.98 Å². The second-order valence-electron chi connectivity index (χ2n) is 6.76. The van der Waals surface area contributed by atoms with Crippen LogP contribution in [-0.2, 0) is 21.6 Å². The predicted molar refractivity (Wildman–Crippen MR) is 96.2 cm³/mol. The predicted octanol–water partition coefficient (Wildman–Crippen LogP) is 4.21. The third-order valence-corrected chi connectivity index (χ3v) is 5.03. The molecule has 0 amide bonds. The van der Waals surface area contributed by atoms with Crippen molar-refractivity contribution in [2.24, 2.45) is 0 Å². The van der Waals surface area contributed by atoms with Gasteiger partial charge in [-0.1, -0.05) is 71.7 Å². The van der Waals surface area contributed by atoms with Crippen molar-refractivity contribution in [2.75, 3.05) is 0 Å². The minimum atomic E-state index is -0.527. The third kappa shape index (κ3) is 3.01. The van der Waals surface area contributed by atoms with E-state index >= 15 is 0 Å². The minimum absolute atomic E-state index is 0.00766. The highest BCUT2D eigenvalue weighted by Crippen LogP contribution is 2.44. The number of aryl methyl sites for hydroxylation is 1. The van der Waals surface area contributed by atoms with Crippen LogP contribution in [0.3, 0.4) is 0 Å². The minimum Gasteiger partial charge on any atom is -0.455 e. The van der Waals surface area contributed by atoms with E-state index in [0.717, 1.165) is 36.0 Å². The zero-order chi connectivity index (χ0) is 18.0. The Morgan fingerprint density at radius 1 is 1.12 bits per heavy atom. The molecule has 132 valence electrons. The van der Waals surface area contributed by atoms with Crippen LogP contribution in [0, 0.1) is 6.92 Å². The molecule has 0 bridgehead atoms. The Morgan fingerprint density at radius 3 is 2.50 bits per heavy atom. The van der Waals surface area contributed by atoms with E-state index in [1.165, 1.54) is 0 Å². The van der Waals surface area contributed by atoms with Gasteiger partial charge in [0.05, 0.1) is 5.41 Å². The number of carbonyl (C=O) groups excluding carboxylic acids is 1. The van der Waals surface area contributed by atoms with Crippen molar-refractivity contribution in [3.05, 3.63) is 71.6 Å². The van der Waals surface area contributed by atoms with Crippen molar-refractivity contribution in [1.82, 2.24) is 10.1 Å². The maximum absolute atomic E-state index is 12.7. The van der Waals surface area contributed by atoms with Crippen molar-refractivity contribution in [1.29, 1.82) is 0 Å². The van der Waals surface area contributed by atoms with E-state index in [4.69, 9.17) is 9.26 Å². The number of hydrogen-bond acceptors (Lipinski definition) is 5. The molecule has 1 aliphatic carbocycles. The summed E-state index contributed by atoms with van der Waals surface area (Å²) in [4.78, 5) is 17.0. The van der Waals surface area contributed by atoms with Crippen molar-refractivity contribution in [3.8, 4) is 11.4 Å². The van der Waals surface area contributed by atoms with Gasteiger partial charge < -0.3 is 9.26 Å². The number of ether oxygens (including phenoxy) is 1. The maximum atomic E-state index is 12.7. The lowest BCUT2D eigenvalue weighted by Crippen LogP contribution is -2.43. The Morgan fingerprint density at radius 2 is 1.85 bits per heavy atom. The van der Waals surface area contributed by atoms with Crippen LogP contribution in [0.4, 0.5) is 0 Å². The lowest BCUT2D eigenvalue weighted by molar-refractivity contribution is -0.156. The number of benzene rings is 2. The summed E-state index contributed by atoms with van der Waals surface area (Å²) >= 11 is 0. The van der Waals surface area contributed by atoms with E-state index < -0.39 is 5.41 Å². The molecule has 2 aromatic carbocycles. The first-order chi connectivity index (χ1) is 12.7. The van der Waals surface area contributed by atoms with E-state index in [2.05, 4.69) is 10.1 Å². The van der Waals surface area contributed by atoms with Crippen LogP contribution < -0.4 is 0 Å². The fourth-order valence-electron chi connectivity index (χ4n) is 3.30. The van der Waals surface area contributed by atoms with Crippen LogP contribution in [-0.4, -0.2) is 16.1 Å². The lowest BCUT2D eigenvalue weighted by Gasteiger charge is -2.39. The van der Waals surface area contributed by atoms with Crippen LogP contribution in [0.15, 0.2) is 59.1 Å². The zero-order valence-corrected chi connectivity index (χ0v) is 14.6. The van der Waals surface area contributed by atoms with E-state index in [1.54, 1.807) is 0 Å². The van der Waals surface area contributed by atoms with E-state index in [9.17, 15) is 4.79 Å². The second-order valence-corrected chi connectivity index (χ2v) is 6.76. The van der Waals surface area contributed by atoms with Gasteiger partial charge in [0, 0.05) is 5.56 Å². The van der Waals surface area contributed by atoms with Gasteiger partial charge in [0.2, 0.25) is 5.82 Å². The van der Waals surface area contributed by atoms with E-state index in [0.29, 0.717) is 11.7 Å². The zero-order valence-electron chi connectivity index (χ0n) is 14.6. The Kier molecular flexibility index (Phi) is 4.29. The Bertz CT molecular complexity index is 897. The molecule has 5 heteroatoms. The van der Waals surface area contributed by atoms with Crippen LogP contribution in [0.2, 0.25) is 0 Å². The third-order valence-electron chi connectivity index (χ3n) is 5.03. The van der Waals surface area contributed by atoms with Crippen molar-refractivity contribution < 1.29 is 14.1 Å². The molecule has 0 atom stereocenters. The van der Waals surface area contributed by atoms with Gasteiger partial charge >= 0.3 is 5.97 Å². The largest absolute Gasteiger partial charge is 0.455 e. The molecule has 0 saturated heterocycles. The van der Waals surface area contributed by atoms with Crippen LogP contribution >= 0.6 is 0 Å². The van der Waals surface area contributed by atoms with Crippen LogP contribution in [0.5, 0.6) is 0 Å². The number of esters is 1. The first kappa shape index (κ1) is 16.5. The normalized spacial score (nSPS) is 15.3. The van der Waals surface area contributed by atoms with Gasteiger partial charge in [0.1, 0.15) is 0 Å². The molecule has 4 rings (SSSR count). The highest BCUT2D eigenvalue weighted by atomic mass is 16.6. The molecular weight excluding hydrogens is 328 g/mol. The van der Waals surface area contributed by atoms with Gasteiger partial charge in [-0.25, -0.2) is 0 Å². The fraction of sp³-hybridized carbons (Fsp3) is 0.286. The number of rotatable bonds is 5. The summed E-state index contributed by atoms with van der Waals surface area (Å²) in [6.07, 6.45) is 2.66. The quantitative estimate of drug-likeness (QED) is 0.646. The molecular formula is C21H20N2O3. The molecule has 5 nitrogen and oxygen atoms in total. The van der Waals surface area contributed by atoms with Gasteiger partial charge in [0.15, 0.2) is 6.61 Å². The maximum Gasteiger partial charge on any atom is 0.317 e. The molecule has 1 aliphatic rings. The summed E-state index contributed by atoms with van der Waals surface area (Å²) in [6.45, 7) is 2.01. The summed E-state index contributed by atoms with van der Waals surface area (Å²) in [7, 11) is 0. The van der Waals surface area contributed by atoms with Crippen molar-refractivity contribution in [3.63, 3.8) is 0 Å². The Balaban J connectivity index is 1.44. The number of carbonyl (C=O) groups is 1. The first-order valence-electron chi connectivity index (χ1n) is 8.80. The summed E-state index contributed by atoms with van der Waals surface area (Å²) in [5, 5.41) is 3.97.